The Labute approximate surface area is 120 Å². The monoisotopic (exact) mass is 276 g/mol. The molecule has 0 spiro atoms. The molecule has 2 N–H and O–H groups in total. The fraction of sp³-hybridized carbons (Fsp3) is 0.562. The first-order chi connectivity index (χ1) is 9.81. The molecule has 4 heteroatoms. The fourth-order valence-corrected chi connectivity index (χ4v) is 2.76. The van der Waals surface area contributed by atoms with Gasteiger partial charge in [-0.15, -0.1) is 0 Å². The topological polar surface area (TPSA) is 55.6 Å². The van der Waals surface area contributed by atoms with Crippen molar-refractivity contribution in [3.63, 3.8) is 0 Å². The van der Waals surface area contributed by atoms with E-state index in [0.717, 1.165) is 18.4 Å². The van der Waals surface area contributed by atoms with E-state index in [1.165, 1.54) is 19.3 Å². The lowest BCUT2D eigenvalue weighted by Crippen LogP contribution is -2.44. The van der Waals surface area contributed by atoms with Gasteiger partial charge in [-0.2, -0.15) is 0 Å². The van der Waals surface area contributed by atoms with Crippen LogP contribution < -0.4 is 5.73 Å². The molecule has 110 valence electrons. The van der Waals surface area contributed by atoms with Gasteiger partial charge in [-0.1, -0.05) is 49.6 Å². The molecular weight excluding hydrogens is 252 g/mol. The minimum absolute atomic E-state index is 0.230. The van der Waals surface area contributed by atoms with Crippen molar-refractivity contribution in [2.45, 2.75) is 44.8 Å². The van der Waals surface area contributed by atoms with Gasteiger partial charge in [-0.05, 0) is 18.4 Å². The Hall–Kier alpha value is -1.55. The molecule has 0 heterocycles. The van der Waals surface area contributed by atoms with Crippen molar-refractivity contribution in [1.29, 1.82) is 0 Å². The van der Waals surface area contributed by atoms with Crippen LogP contribution in [0.3, 0.4) is 0 Å². The summed E-state index contributed by atoms with van der Waals surface area (Å²) in [7, 11) is 0. The van der Waals surface area contributed by atoms with Crippen LogP contribution in [0.4, 0.5) is 4.79 Å². The highest BCUT2D eigenvalue weighted by Gasteiger charge is 2.25. The first-order valence-electron chi connectivity index (χ1n) is 7.48. The average Bonchev–Trinajstić information content (AvgIpc) is 2.52. The third-order valence-corrected chi connectivity index (χ3v) is 3.83. The fourth-order valence-electron chi connectivity index (χ4n) is 2.76. The summed E-state index contributed by atoms with van der Waals surface area (Å²) in [6.07, 6.45) is 5.56. The van der Waals surface area contributed by atoms with E-state index in [1.807, 2.05) is 35.2 Å². The second-order valence-electron chi connectivity index (χ2n) is 5.31. The van der Waals surface area contributed by atoms with Crippen LogP contribution in [0.2, 0.25) is 0 Å². The summed E-state index contributed by atoms with van der Waals surface area (Å²) in [6, 6.07) is 10.1. The SMILES string of the molecule is NCCN(C(=O)OCc1ccccc1)C1CCCCC1. The maximum Gasteiger partial charge on any atom is 0.410 e. The predicted molar refractivity (Wildman–Crippen MR) is 79.3 cm³/mol. The zero-order valence-corrected chi connectivity index (χ0v) is 12.0. The number of nitrogens with two attached hydrogens (primary N) is 1. The Morgan fingerprint density at radius 1 is 1.20 bits per heavy atom. The molecule has 0 aromatic heterocycles. The van der Waals surface area contributed by atoms with E-state index in [2.05, 4.69) is 0 Å². The number of ether oxygens (including phenoxy) is 1. The van der Waals surface area contributed by atoms with Gasteiger partial charge in [0.05, 0.1) is 0 Å². The van der Waals surface area contributed by atoms with Gasteiger partial charge in [0.25, 0.3) is 0 Å². The van der Waals surface area contributed by atoms with Gasteiger partial charge in [-0.25, -0.2) is 4.79 Å². The Bertz CT molecular complexity index is 402. The third kappa shape index (κ3) is 4.23. The zero-order valence-electron chi connectivity index (χ0n) is 12.0. The molecule has 0 saturated heterocycles. The molecule has 0 aliphatic heterocycles. The van der Waals surface area contributed by atoms with Crippen LogP contribution in [-0.4, -0.2) is 30.1 Å². The van der Waals surface area contributed by atoms with Crippen LogP contribution in [0.1, 0.15) is 37.7 Å². The van der Waals surface area contributed by atoms with Gasteiger partial charge in [0.15, 0.2) is 0 Å². The second-order valence-corrected chi connectivity index (χ2v) is 5.31. The Balaban J connectivity index is 1.89. The maximum absolute atomic E-state index is 12.3. The number of hydrogen-bond donors (Lipinski definition) is 1. The Morgan fingerprint density at radius 2 is 1.90 bits per heavy atom. The first kappa shape index (κ1) is 14.9. The van der Waals surface area contributed by atoms with Gasteiger partial charge >= 0.3 is 6.09 Å². The Morgan fingerprint density at radius 3 is 2.55 bits per heavy atom. The molecule has 1 aliphatic rings. The molecule has 4 nitrogen and oxygen atoms in total. The van der Waals surface area contributed by atoms with Gasteiger partial charge in [0.2, 0.25) is 0 Å². The van der Waals surface area contributed by atoms with E-state index in [0.29, 0.717) is 25.7 Å². The number of hydrogen-bond acceptors (Lipinski definition) is 3. The molecule has 0 unspecified atom stereocenters. The summed E-state index contributed by atoms with van der Waals surface area (Å²) >= 11 is 0. The predicted octanol–water partition coefficient (Wildman–Crippen LogP) is 2.92. The number of benzene rings is 1. The summed E-state index contributed by atoms with van der Waals surface area (Å²) in [4.78, 5) is 14.1. The summed E-state index contributed by atoms with van der Waals surface area (Å²) in [5.41, 5.74) is 6.64. The number of nitrogens with zero attached hydrogens (tertiary/aromatic N) is 1. The molecule has 20 heavy (non-hydrogen) atoms. The molecule has 1 fully saturated rings. The number of carbonyl (C=O) groups excluding carboxylic acids is 1. The van der Waals surface area contributed by atoms with Crippen molar-refractivity contribution in [3.8, 4) is 0 Å². The highest BCUT2D eigenvalue weighted by Crippen LogP contribution is 2.23. The standard InChI is InChI=1S/C16H24N2O2/c17-11-12-18(15-9-5-2-6-10-15)16(19)20-13-14-7-3-1-4-8-14/h1,3-4,7-8,15H,2,5-6,9-13,17H2. The Kier molecular flexibility index (Phi) is 5.87. The van der Waals surface area contributed by atoms with Crippen molar-refractivity contribution < 1.29 is 9.53 Å². The second kappa shape index (κ2) is 7.90. The number of carbonyl (C=O) groups is 1. The van der Waals surface area contributed by atoms with Crippen LogP contribution in [-0.2, 0) is 11.3 Å². The lowest BCUT2D eigenvalue weighted by molar-refractivity contribution is 0.0732. The molecule has 1 amide bonds. The highest BCUT2D eigenvalue weighted by atomic mass is 16.6. The number of amides is 1. The van der Waals surface area contributed by atoms with Crippen LogP contribution in [0, 0.1) is 0 Å². The van der Waals surface area contributed by atoms with E-state index < -0.39 is 0 Å². The van der Waals surface area contributed by atoms with Crippen LogP contribution in [0.25, 0.3) is 0 Å². The molecule has 0 radical (unpaired) electrons. The minimum Gasteiger partial charge on any atom is -0.445 e. The largest absolute Gasteiger partial charge is 0.445 e. The van der Waals surface area contributed by atoms with Gasteiger partial charge in [0, 0.05) is 19.1 Å². The van der Waals surface area contributed by atoms with Crippen LogP contribution >= 0.6 is 0 Å². The highest BCUT2D eigenvalue weighted by molar-refractivity contribution is 5.68. The molecule has 1 saturated carbocycles. The average molecular weight is 276 g/mol. The van der Waals surface area contributed by atoms with Gasteiger partial charge in [0.1, 0.15) is 6.61 Å². The molecule has 0 bridgehead atoms. The lowest BCUT2D eigenvalue weighted by atomic mass is 9.94. The lowest BCUT2D eigenvalue weighted by Gasteiger charge is -2.33. The summed E-state index contributed by atoms with van der Waals surface area (Å²) in [5.74, 6) is 0. The molecule has 1 aromatic carbocycles. The molecule has 1 aliphatic carbocycles. The normalized spacial score (nSPS) is 15.8. The molecule has 0 atom stereocenters. The maximum atomic E-state index is 12.3. The van der Waals surface area contributed by atoms with E-state index in [9.17, 15) is 4.79 Å². The summed E-state index contributed by atoms with van der Waals surface area (Å²) < 4.78 is 5.43. The summed E-state index contributed by atoms with van der Waals surface area (Å²) in [6.45, 7) is 1.39. The molecule has 1 aromatic rings. The first-order valence-corrected chi connectivity index (χ1v) is 7.48. The van der Waals surface area contributed by atoms with Gasteiger partial charge in [-0.3, -0.25) is 0 Å². The van der Waals surface area contributed by atoms with Crippen molar-refractivity contribution in [1.82, 2.24) is 4.90 Å². The van der Waals surface area contributed by atoms with Crippen LogP contribution in [0.15, 0.2) is 30.3 Å². The smallest absolute Gasteiger partial charge is 0.410 e. The third-order valence-electron chi connectivity index (χ3n) is 3.83. The van der Waals surface area contributed by atoms with E-state index in [1.54, 1.807) is 0 Å². The van der Waals surface area contributed by atoms with Crippen molar-refractivity contribution in [3.05, 3.63) is 35.9 Å². The quantitative estimate of drug-likeness (QED) is 0.899. The molecule has 2 rings (SSSR count). The van der Waals surface area contributed by atoms with Crippen molar-refractivity contribution in [2.75, 3.05) is 13.1 Å². The number of rotatable bonds is 5. The van der Waals surface area contributed by atoms with E-state index in [4.69, 9.17) is 10.5 Å². The molecular formula is C16H24N2O2. The van der Waals surface area contributed by atoms with Crippen LogP contribution in [0.5, 0.6) is 0 Å². The zero-order chi connectivity index (χ0) is 14.2. The van der Waals surface area contributed by atoms with E-state index in [-0.39, 0.29) is 6.09 Å². The van der Waals surface area contributed by atoms with E-state index >= 15 is 0 Å². The van der Waals surface area contributed by atoms with Crippen molar-refractivity contribution in [2.24, 2.45) is 5.73 Å². The van der Waals surface area contributed by atoms with Gasteiger partial charge < -0.3 is 15.4 Å². The summed E-state index contributed by atoms with van der Waals surface area (Å²) in [5, 5.41) is 0. The minimum atomic E-state index is -0.230. The van der Waals surface area contributed by atoms with Crippen molar-refractivity contribution >= 4 is 6.09 Å².